The second-order valence-corrected chi connectivity index (χ2v) is 10.9. The zero-order chi connectivity index (χ0) is 30.7. The summed E-state index contributed by atoms with van der Waals surface area (Å²) in [5.41, 5.74) is 7.25. The van der Waals surface area contributed by atoms with Gasteiger partial charge in [0.15, 0.2) is 11.0 Å². The first-order valence-corrected chi connectivity index (χ1v) is 14.3. The van der Waals surface area contributed by atoms with Gasteiger partial charge in [-0.15, -0.1) is 18.3 Å². The number of hydrazone groups is 1. The summed E-state index contributed by atoms with van der Waals surface area (Å²) in [4.78, 5) is 22.7. The summed E-state index contributed by atoms with van der Waals surface area (Å²) in [6.07, 6.45) is -1.75. The predicted molar refractivity (Wildman–Crippen MR) is 165 cm³/mol. The molecule has 1 fully saturated rings. The van der Waals surface area contributed by atoms with Gasteiger partial charge in [0.25, 0.3) is 0 Å². The number of carbonyl (C=O) groups excluding carboxylic acids is 1. The van der Waals surface area contributed by atoms with E-state index in [1.54, 1.807) is 30.5 Å². The number of hydrogen-bond acceptors (Lipinski definition) is 7. The minimum atomic E-state index is -4.76. The van der Waals surface area contributed by atoms with E-state index in [1.165, 1.54) is 51.9 Å². The normalized spacial score (nSPS) is 14.6. The summed E-state index contributed by atoms with van der Waals surface area (Å²) >= 11 is 13.0. The number of amides is 1. The number of thiocarbonyl (C=S) groups is 1. The standard InChI is InChI=1S/C28H21ClF3N7O2S2/c1-16-11-22(29)23(12-17(16)2)39-24(40)14-43-27(39)35-26(42)36-34-13-18-3-5-19(6-4-18)25-33-15-38(37-25)20-7-9-21(10-8-20)41-28(30,31)32/h3-13,15H,14H2,1-2H3,(H,36,42)/b34-13+,35-27-. The average Bonchev–Trinajstić information content (AvgIpc) is 3.58. The lowest BCUT2D eigenvalue weighted by atomic mass is 10.1. The maximum atomic E-state index is 12.6. The molecular weight excluding hydrogens is 623 g/mol. The Morgan fingerprint density at radius 3 is 2.51 bits per heavy atom. The molecular formula is C28H21ClF3N7O2S2. The van der Waals surface area contributed by atoms with E-state index in [4.69, 9.17) is 23.8 Å². The maximum absolute atomic E-state index is 12.6. The Kier molecular flexibility index (Phi) is 8.80. The van der Waals surface area contributed by atoms with Crippen LogP contribution in [0.3, 0.4) is 0 Å². The number of aryl methyl sites for hydroxylation is 2. The van der Waals surface area contributed by atoms with Crippen LogP contribution in [0.25, 0.3) is 17.1 Å². The van der Waals surface area contributed by atoms with E-state index in [9.17, 15) is 18.0 Å². The summed E-state index contributed by atoms with van der Waals surface area (Å²) in [5, 5.41) is 9.46. The second kappa shape index (κ2) is 12.5. The van der Waals surface area contributed by atoms with Gasteiger partial charge in [0.1, 0.15) is 12.1 Å². The quantitative estimate of drug-likeness (QED) is 0.147. The van der Waals surface area contributed by atoms with Crippen LogP contribution >= 0.6 is 35.6 Å². The molecule has 1 aliphatic rings. The first kappa shape index (κ1) is 30.2. The van der Waals surface area contributed by atoms with Crippen molar-refractivity contribution in [3.63, 3.8) is 0 Å². The number of halogens is 4. The van der Waals surface area contributed by atoms with Crippen molar-refractivity contribution in [3.05, 3.63) is 88.7 Å². The predicted octanol–water partition coefficient (Wildman–Crippen LogP) is 6.45. The first-order chi connectivity index (χ1) is 20.5. The van der Waals surface area contributed by atoms with Crippen molar-refractivity contribution in [1.82, 2.24) is 20.2 Å². The molecule has 1 N–H and O–H groups in total. The van der Waals surface area contributed by atoms with Crippen LogP contribution in [0, 0.1) is 13.8 Å². The molecule has 5 rings (SSSR count). The molecule has 0 spiro atoms. The van der Waals surface area contributed by atoms with Crippen LogP contribution in [0.1, 0.15) is 16.7 Å². The Balaban J connectivity index is 1.21. The number of aromatic nitrogens is 3. The largest absolute Gasteiger partial charge is 0.573 e. The lowest BCUT2D eigenvalue weighted by Crippen LogP contribution is -2.31. The van der Waals surface area contributed by atoms with Gasteiger partial charge in [0.05, 0.1) is 28.4 Å². The molecule has 0 radical (unpaired) electrons. The third-order valence-corrected chi connectivity index (χ3v) is 7.54. The van der Waals surface area contributed by atoms with Gasteiger partial charge >= 0.3 is 6.36 Å². The fourth-order valence-electron chi connectivity index (χ4n) is 3.93. The second-order valence-electron chi connectivity index (χ2n) is 9.15. The Labute approximate surface area is 258 Å². The number of rotatable bonds is 6. The summed E-state index contributed by atoms with van der Waals surface area (Å²) < 4.78 is 42.5. The van der Waals surface area contributed by atoms with Crippen LogP contribution in [0.5, 0.6) is 5.75 Å². The summed E-state index contributed by atoms with van der Waals surface area (Å²) in [7, 11) is 0. The molecule has 43 heavy (non-hydrogen) atoms. The fraction of sp³-hybridized carbons (Fsp3) is 0.143. The van der Waals surface area contributed by atoms with Crippen molar-refractivity contribution in [2.75, 3.05) is 10.7 Å². The van der Waals surface area contributed by atoms with Gasteiger partial charge in [-0.2, -0.15) is 10.1 Å². The monoisotopic (exact) mass is 643 g/mol. The Hall–Kier alpha value is -4.27. The highest BCUT2D eigenvalue weighted by Gasteiger charge is 2.32. The number of aliphatic imine (C=N–C) groups is 1. The third-order valence-electron chi connectivity index (χ3n) is 6.14. The number of alkyl halides is 3. The molecule has 0 saturated carbocycles. The fourth-order valence-corrected chi connectivity index (χ4v) is 5.30. The smallest absolute Gasteiger partial charge is 0.406 e. The number of hydrogen-bond donors (Lipinski definition) is 1. The summed E-state index contributed by atoms with van der Waals surface area (Å²) in [5.74, 6) is 0.170. The van der Waals surface area contributed by atoms with Crippen LogP contribution in [0.4, 0.5) is 18.9 Å². The Morgan fingerprint density at radius 2 is 1.81 bits per heavy atom. The SMILES string of the molecule is Cc1cc(Cl)c(N2C(=O)CS/C2=N\C(=S)N/N=C/c2ccc(-c3ncn(-c4ccc(OC(F)(F)F)cc4)n3)cc2)cc1C. The molecule has 0 unspecified atom stereocenters. The lowest BCUT2D eigenvalue weighted by molar-refractivity contribution is -0.274. The minimum Gasteiger partial charge on any atom is -0.406 e. The van der Waals surface area contributed by atoms with Crippen LogP contribution in [0.15, 0.2) is 77.1 Å². The summed E-state index contributed by atoms with van der Waals surface area (Å²) in [6.45, 7) is 3.89. The molecule has 1 aliphatic heterocycles. The molecule has 0 bridgehead atoms. The van der Waals surface area contributed by atoms with Crippen molar-refractivity contribution < 1.29 is 22.7 Å². The highest BCUT2D eigenvalue weighted by atomic mass is 35.5. The van der Waals surface area contributed by atoms with Crippen molar-refractivity contribution in [3.8, 4) is 22.8 Å². The number of carbonyl (C=O) groups is 1. The van der Waals surface area contributed by atoms with Crippen LogP contribution in [0.2, 0.25) is 5.02 Å². The molecule has 1 amide bonds. The van der Waals surface area contributed by atoms with Gasteiger partial charge in [0, 0.05) is 5.56 Å². The van der Waals surface area contributed by atoms with Gasteiger partial charge in [-0.3, -0.25) is 15.1 Å². The van der Waals surface area contributed by atoms with Gasteiger partial charge in [0.2, 0.25) is 11.0 Å². The number of anilines is 1. The lowest BCUT2D eigenvalue weighted by Gasteiger charge is -2.19. The zero-order valence-corrected chi connectivity index (χ0v) is 24.9. The van der Waals surface area contributed by atoms with E-state index in [1.807, 2.05) is 26.0 Å². The first-order valence-electron chi connectivity index (χ1n) is 12.5. The molecule has 1 saturated heterocycles. The van der Waals surface area contributed by atoms with Gasteiger partial charge < -0.3 is 4.74 Å². The molecule has 2 heterocycles. The van der Waals surface area contributed by atoms with Crippen LogP contribution in [-0.4, -0.2) is 49.3 Å². The van der Waals surface area contributed by atoms with Crippen LogP contribution < -0.4 is 15.1 Å². The Bertz CT molecular complexity index is 1740. The van der Waals surface area contributed by atoms with Gasteiger partial charge in [-0.05, 0) is 79.2 Å². The van der Waals surface area contributed by atoms with E-state index >= 15 is 0 Å². The average molecular weight is 644 g/mol. The van der Waals surface area contributed by atoms with E-state index in [0.717, 1.165) is 22.3 Å². The number of amidine groups is 1. The number of nitrogens with zero attached hydrogens (tertiary/aromatic N) is 6. The molecule has 220 valence electrons. The number of nitrogens with one attached hydrogen (secondary N) is 1. The molecule has 9 nitrogen and oxygen atoms in total. The van der Waals surface area contributed by atoms with Crippen molar-refractivity contribution in [1.29, 1.82) is 0 Å². The molecule has 15 heteroatoms. The van der Waals surface area contributed by atoms with E-state index in [2.05, 4.69) is 30.3 Å². The van der Waals surface area contributed by atoms with Crippen molar-refractivity contribution in [2.45, 2.75) is 20.2 Å². The molecule has 3 aromatic carbocycles. The zero-order valence-electron chi connectivity index (χ0n) is 22.5. The van der Waals surface area contributed by atoms with Crippen molar-refractivity contribution in [2.24, 2.45) is 10.1 Å². The minimum absolute atomic E-state index is 0.0720. The number of benzene rings is 3. The topological polar surface area (TPSA) is 97.0 Å². The van der Waals surface area contributed by atoms with Crippen molar-refractivity contribution >= 4 is 63.7 Å². The molecule has 0 aliphatic carbocycles. The van der Waals surface area contributed by atoms with Gasteiger partial charge in [-0.25, -0.2) is 9.67 Å². The summed E-state index contributed by atoms with van der Waals surface area (Å²) in [6, 6.07) is 16.2. The third kappa shape index (κ3) is 7.39. The highest BCUT2D eigenvalue weighted by Crippen LogP contribution is 2.34. The van der Waals surface area contributed by atoms with Gasteiger partial charge in [-0.1, -0.05) is 47.6 Å². The Morgan fingerprint density at radius 1 is 1.12 bits per heavy atom. The highest BCUT2D eigenvalue weighted by molar-refractivity contribution is 8.15. The molecule has 0 atom stereocenters. The van der Waals surface area contributed by atoms with E-state index < -0.39 is 6.36 Å². The number of ether oxygens (including phenoxy) is 1. The van der Waals surface area contributed by atoms with E-state index in [0.29, 0.717) is 27.4 Å². The maximum Gasteiger partial charge on any atom is 0.573 e. The number of thioether (sulfide) groups is 1. The van der Waals surface area contributed by atoms with Crippen LogP contribution in [-0.2, 0) is 4.79 Å². The van der Waals surface area contributed by atoms with E-state index in [-0.39, 0.29) is 22.5 Å². The molecule has 1 aromatic heterocycles. The molecule has 4 aromatic rings.